The maximum atomic E-state index is 5.96. The van der Waals surface area contributed by atoms with Crippen LogP contribution < -0.4 is 10.5 Å². The van der Waals surface area contributed by atoms with Crippen molar-refractivity contribution in [2.45, 2.75) is 6.61 Å². The van der Waals surface area contributed by atoms with Gasteiger partial charge in [0.1, 0.15) is 18.7 Å². The van der Waals surface area contributed by atoms with Gasteiger partial charge in [0, 0.05) is 23.5 Å². The van der Waals surface area contributed by atoms with E-state index >= 15 is 0 Å². The predicted octanol–water partition coefficient (Wildman–Crippen LogP) is 2.13. The monoisotopic (exact) mass is 254 g/mol. The molecule has 3 rings (SSSR count). The van der Waals surface area contributed by atoms with Gasteiger partial charge in [-0.15, -0.1) is 0 Å². The second-order valence-electron chi connectivity index (χ2n) is 4.29. The Bertz CT molecular complexity index is 720. The molecule has 5 nitrogen and oxygen atoms in total. The van der Waals surface area contributed by atoms with Crippen molar-refractivity contribution in [3.8, 4) is 5.75 Å². The van der Waals surface area contributed by atoms with E-state index in [0.717, 1.165) is 28.0 Å². The lowest BCUT2D eigenvalue weighted by Gasteiger charge is -2.10. The van der Waals surface area contributed by atoms with Crippen LogP contribution >= 0.6 is 0 Å². The number of rotatable bonds is 3. The highest BCUT2D eigenvalue weighted by Crippen LogP contribution is 2.30. The Morgan fingerprint density at radius 1 is 1.16 bits per heavy atom. The number of hydrogen-bond donors (Lipinski definition) is 1. The molecule has 0 aliphatic rings. The molecule has 0 aliphatic heterocycles. The molecule has 1 heterocycles. The van der Waals surface area contributed by atoms with E-state index in [4.69, 9.17) is 10.5 Å². The SMILES string of the molecule is Cn1ncnc1COc1ccc(N)c2ccccc12. The molecule has 5 heteroatoms. The molecule has 0 atom stereocenters. The van der Waals surface area contributed by atoms with E-state index in [1.54, 1.807) is 4.68 Å². The first-order chi connectivity index (χ1) is 9.25. The minimum Gasteiger partial charge on any atom is -0.485 e. The fourth-order valence-corrected chi connectivity index (χ4v) is 2.01. The molecule has 0 spiro atoms. The quantitative estimate of drug-likeness (QED) is 0.727. The Morgan fingerprint density at radius 3 is 2.68 bits per heavy atom. The minimum absolute atomic E-state index is 0.379. The van der Waals surface area contributed by atoms with Gasteiger partial charge in [-0.05, 0) is 12.1 Å². The van der Waals surface area contributed by atoms with Gasteiger partial charge in [-0.1, -0.05) is 24.3 Å². The minimum atomic E-state index is 0.379. The van der Waals surface area contributed by atoms with E-state index in [-0.39, 0.29) is 0 Å². The summed E-state index contributed by atoms with van der Waals surface area (Å²) in [6.07, 6.45) is 1.51. The number of hydrogen-bond acceptors (Lipinski definition) is 4. The molecule has 1 aromatic heterocycles. The second-order valence-corrected chi connectivity index (χ2v) is 4.29. The van der Waals surface area contributed by atoms with Gasteiger partial charge >= 0.3 is 0 Å². The van der Waals surface area contributed by atoms with Gasteiger partial charge in [-0.3, -0.25) is 4.68 Å². The van der Waals surface area contributed by atoms with Crippen LogP contribution in [0.3, 0.4) is 0 Å². The molecule has 2 N–H and O–H groups in total. The van der Waals surface area contributed by atoms with Crippen LogP contribution in [0.4, 0.5) is 5.69 Å². The highest BCUT2D eigenvalue weighted by Gasteiger charge is 2.06. The van der Waals surface area contributed by atoms with Crippen LogP contribution in [0.25, 0.3) is 10.8 Å². The molecule has 0 bridgehead atoms. The number of nitrogen functional groups attached to an aromatic ring is 1. The Hall–Kier alpha value is -2.56. The van der Waals surface area contributed by atoms with Crippen LogP contribution in [0.15, 0.2) is 42.7 Å². The maximum absolute atomic E-state index is 5.96. The van der Waals surface area contributed by atoms with E-state index in [9.17, 15) is 0 Å². The van der Waals surface area contributed by atoms with E-state index < -0.39 is 0 Å². The summed E-state index contributed by atoms with van der Waals surface area (Å²) in [5.41, 5.74) is 6.71. The molecule has 0 aliphatic carbocycles. The Balaban J connectivity index is 1.93. The van der Waals surface area contributed by atoms with Crippen molar-refractivity contribution in [3.05, 3.63) is 48.5 Å². The third-order valence-electron chi connectivity index (χ3n) is 3.08. The number of nitrogens with zero attached hydrogens (tertiary/aromatic N) is 3. The first kappa shape index (κ1) is 11.5. The summed E-state index contributed by atoms with van der Waals surface area (Å²) in [6, 6.07) is 11.7. The standard InChI is InChI=1S/C14H14N4O/c1-18-14(16-9-17-18)8-19-13-7-6-12(15)10-4-2-3-5-11(10)13/h2-7,9H,8,15H2,1H3. The number of aryl methyl sites for hydroxylation is 1. The number of benzene rings is 2. The van der Waals surface area contributed by atoms with Crippen LogP contribution in [0.1, 0.15) is 5.82 Å². The van der Waals surface area contributed by atoms with Gasteiger partial charge < -0.3 is 10.5 Å². The van der Waals surface area contributed by atoms with E-state index in [2.05, 4.69) is 10.1 Å². The summed E-state index contributed by atoms with van der Waals surface area (Å²) in [6.45, 7) is 0.379. The number of ether oxygens (including phenoxy) is 1. The van der Waals surface area contributed by atoms with Crippen molar-refractivity contribution < 1.29 is 4.74 Å². The first-order valence-electron chi connectivity index (χ1n) is 5.98. The zero-order valence-corrected chi connectivity index (χ0v) is 10.6. The molecule has 2 aromatic carbocycles. The van der Waals surface area contributed by atoms with Crippen molar-refractivity contribution >= 4 is 16.5 Å². The normalized spacial score (nSPS) is 10.8. The van der Waals surface area contributed by atoms with Crippen LogP contribution in [-0.2, 0) is 13.7 Å². The van der Waals surface area contributed by atoms with Crippen LogP contribution in [0.5, 0.6) is 5.75 Å². The van der Waals surface area contributed by atoms with Crippen molar-refractivity contribution in [3.63, 3.8) is 0 Å². The molecule has 0 saturated heterocycles. The van der Waals surface area contributed by atoms with E-state index in [0.29, 0.717) is 6.61 Å². The fourth-order valence-electron chi connectivity index (χ4n) is 2.01. The molecule has 3 aromatic rings. The smallest absolute Gasteiger partial charge is 0.164 e. The first-order valence-corrected chi connectivity index (χ1v) is 5.98. The molecule has 0 radical (unpaired) electrons. The van der Waals surface area contributed by atoms with Gasteiger partial charge in [0.05, 0.1) is 0 Å². The van der Waals surface area contributed by atoms with Crippen LogP contribution in [-0.4, -0.2) is 14.8 Å². The molecule has 0 amide bonds. The Labute approximate surface area is 110 Å². The van der Waals surface area contributed by atoms with E-state index in [1.165, 1.54) is 6.33 Å². The third-order valence-corrected chi connectivity index (χ3v) is 3.08. The highest BCUT2D eigenvalue weighted by molar-refractivity contribution is 5.96. The summed E-state index contributed by atoms with van der Waals surface area (Å²) in [7, 11) is 1.84. The van der Waals surface area contributed by atoms with Gasteiger partial charge in [0.15, 0.2) is 5.82 Å². The Kier molecular flexibility index (Phi) is 2.79. The molecule has 0 unspecified atom stereocenters. The van der Waals surface area contributed by atoms with Crippen molar-refractivity contribution in [1.29, 1.82) is 0 Å². The van der Waals surface area contributed by atoms with Crippen molar-refractivity contribution in [2.75, 3.05) is 5.73 Å². The number of fused-ring (bicyclic) bond motifs is 1. The van der Waals surface area contributed by atoms with Gasteiger partial charge in [-0.2, -0.15) is 5.10 Å². The topological polar surface area (TPSA) is 66.0 Å². The van der Waals surface area contributed by atoms with Crippen molar-refractivity contribution in [1.82, 2.24) is 14.8 Å². The van der Waals surface area contributed by atoms with Crippen LogP contribution in [0, 0.1) is 0 Å². The summed E-state index contributed by atoms with van der Waals surface area (Å²) in [5.74, 6) is 1.58. The summed E-state index contributed by atoms with van der Waals surface area (Å²) in [5, 5.41) is 6.01. The molecular weight excluding hydrogens is 240 g/mol. The number of anilines is 1. The van der Waals surface area contributed by atoms with Gasteiger partial charge in [-0.25, -0.2) is 4.98 Å². The van der Waals surface area contributed by atoms with Crippen LogP contribution in [0.2, 0.25) is 0 Å². The van der Waals surface area contributed by atoms with E-state index in [1.807, 2.05) is 43.4 Å². The van der Waals surface area contributed by atoms with Crippen molar-refractivity contribution in [2.24, 2.45) is 7.05 Å². The summed E-state index contributed by atoms with van der Waals surface area (Å²) in [4.78, 5) is 4.13. The lowest BCUT2D eigenvalue weighted by molar-refractivity contribution is 0.293. The average molecular weight is 254 g/mol. The summed E-state index contributed by atoms with van der Waals surface area (Å²) >= 11 is 0. The molecule has 96 valence electrons. The molecule has 0 fully saturated rings. The lowest BCUT2D eigenvalue weighted by Crippen LogP contribution is -2.04. The zero-order valence-electron chi connectivity index (χ0n) is 10.6. The second kappa shape index (κ2) is 4.61. The van der Waals surface area contributed by atoms with Gasteiger partial charge in [0.2, 0.25) is 0 Å². The lowest BCUT2D eigenvalue weighted by atomic mass is 10.1. The fraction of sp³-hybridized carbons (Fsp3) is 0.143. The molecule has 0 saturated carbocycles. The number of aromatic nitrogens is 3. The third kappa shape index (κ3) is 2.10. The molecular formula is C14H14N4O. The Morgan fingerprint density at radius 2 is 1.95 bits per heavy atom. The maximum Gasteiger partial charge on any atom is 0.164 e. The zero-order chi connectivity index (χ0) is 13.2. The van der Waals surface area contributed by atoms with Gasteiger partial charge in [0.25, 0.3) is 0 Å². The highest BCUT2D eigenvalue weighted by atomic mass is 16.5. The average Bonchev–Trinajstić information content (AvgIpc) is 2.84. The number of nitrogens with two attached hydrogens (primary N) is 1. The predicted molar refractivity (Wildman–Crippen MR) is 73.7 cm³/mol. The summed E-state index contributed by atoms with van der Waals surface area (Å²) < 4.78 is 7.51. The largest absolute Gasteiger partial charge is 0.485 e. The molecule has 19 heavy (non-hydrogen) atoms.